The van der Waals surface area contributed by atoms with E-state index in [0.717, 1.165) is 18.5 Å². The Hall–Kier alpha value is -1.28. The molecule has 1 N–H and O–H groups in total. The van der Waals surface area contributed by atoms with Gasteiger partial charge in [-0.25, -0.2) is 0 Å². The van der Waals surface area contributed by atoms with E-state index in [1.807, 2.05) is 6.26 Å². The summed E-state index contributed by atoms with van der Waals surface area (Å²) in [6.45, 7) is 7.43. The fourth-order valence-corrected chi connectivity index (χ4v) is 2.12. The van der Waals surface area contributed by atoms with Crippen molar-refractivity contribution < 1.29 is 4.42 Å². The third-order valence-electron chi connectivity index (χ3n) is 3.24. The fourth-order valence-electron chi connectivity index (χ4n) is 2.12. The Morgan fingerprint density at radius 1 is 1.28 bits per heavy atom. The summed E-state index contributed by atoms with van der Waals surface area (Å²) in [5, 5.41) is 4.70. The van der Waals surface area contributed by atoms with Gasteiger partial charge in [0, 0.05) is 23.5 Å². The number of aryl methyl sites for hydroxylation is 1. The summed E-state index contributed by atoms with van der Waals surface area (Å²) in [6, 6.07) is 7.06. The number of benzene rings is 1. The summed E-state index contributed by atoms with van der Waals surface area (Å²) in [4.78, 5) is 0. The molecule has 1 aromatic carbocycles. The third-order valence-corrected chi connectivity index (χ3v) is 3.24. The molecule has 0 saturated heterocycles. The molecule has 1 heterocycles. The van der Waals surface area contributed by atoms with Crippen molar-refractivity contribution in [1.82, 2.24) is 5.32 Å². The molecule has 0 bridgehead atoms. The lowest BCUT2D eigenvalue weighted by molar-refractivity contribution is 0.572. The van der Waals surface area contributed by atoms with Crippen LogP contribution in [0.2, 0.25) is 0 Å². The van der Waals surface area contributed by atoms with Crippen molar-refractivity contribution in [1.29, 1.82) is 0 Å². The highest BCUT2D eigenvalue weighted by atomic mass is 16.3. The molecule has 0 spiro atoms. The van der Waals surface area contributed by atoms with E-state index in [0.29, 0.717) is 6.04 Å². The lowest BCUT2D eigenvalue weighted by Gasteiger charge is -2.06. The van der Waals surface area contributed by atoms with Crippen LogP contribution in [0, 0.1) is 0 Å². The zero-order valence-electron chi connectivity index (χ0n) is 11.6. The van der Waals surface area contributed by atoms with Crippen LogP contribution in [-0.2, 0) is 13.0 Å². The smallest absolute Gasteiger partial charge is 0.134 e. The van der Waals surface area contributed by atoms with Crippen molar-refractivity contribution in [2.75, 3.05) is 0 Å². The summed E-state index contributed by atoms with van der Waals surface area (Å²) in [5.74, 6) is 0. The van der Waals surface area contributed by atoms with E-state index in [1.165, 1.54) is 29.4 Å². The Balaban J connectivity index is 2.20. The van der Waals surface area contributed by atoms with Gasteiger partial charge in [-0.1, -0.05) is 33.3 Å². The SMILES string of the molecule is CCCCc1ccc2occ(CNC(C)C)c2c1. The topological polar surface area (TPSA) is 25.2 Å². The predicted molar refractivity (Wildman–Crippen MR) is 76.8 cm³/mol. The van der Waals surface area contributed by atoms with Gasteiger partial charge in [-0.3, -0.25) is 0 Å². The van der Waals surface area contributed by atoms with Gasteiger partial charge in [0.05, 0.1) is 6.26 Å². The Morgan fingerprint density at radius 2 is 2.11 bits per heavy atom. The second-order valence-corrected chi connectivity index (χ2v) is 5.23. The second-order valence-electron chi connectivity index (χ2n) is 5.23. The fraction of sp³-hybridized carbons (Fsp3) is 0.500. The average Bonchev–Trinajstić information content (AvgIpc) is 2.76. The van der Waals surface area contributed by atoms with Crippen LogP contribution in [-0.4, -0.2) is 6.04 Å². The first-order valence-corrected chi connectivity index (χ1v) is 6.93. The molecule has 0 aliphatic heterocycles. The van der Waals surface area contributed by atoms with Crippen LogP contribution in [0.3, 0.4) is 0 Å². The molecule has 2 nitrogen and oxygen atoms in total. The van der Waals surface area contributed by atoms with Gasteiger partial charge in [-0.15, -0.1) is 0 Å². The minimum absolute atomic E-state index is 0.498. The van der Waals surface area contributed by atoms with Crippen LogP contribution in [0.4, 0.5) is 0 Å². The van der Waals surface area contributed by atoms with E-state index in [-0.39, 0.29) is 0 Å². The molecule has 0 aliphatic rings. The molecule has 0 saturated carbocycles. The summed E-state index contributed by atoms with van der Waals surface area (Å²) in [5.41, 5.74) is 3.67. The Kier molecular flexibility index (Phi) is 4.43. The van der Waals surface area contributed by atoms with Crippen LogP contribution in [0.1, 0.15) is 44.7 Å². The van der Waals surface area contributed by atoms with Gasteiger partial charge in [0.25, 0.3) is 0 Å². The summed E-state index contributed by atoms with van der Waals surface area (Å²) < 4.78 is 5.60. The highest BCUT2D eigenvalue weighted by Crippen LogP contribution is 2.23. The average molecular weight is 245 g/mol. The van der Waals surface area contributed by atoms with Crippen LogP contribution < -0.4 is 5.32 Å². The van der Waals surface area contributed by atoms with Crippen molar-refractivity contribution in [3.63, 3.8) is 0 Å². The van der Waals surface area contributed by atoms with Gasteiger partial charge in [-0.2, -0.15) is 0 Å². The van der Waals surface area contributed by atoms with Gasteiger partial charge < -0.3 is 9.73 Å². The third kappa shape index (κ3) is 3.14. The molecule has 18 heavy (non-hydrogen) atoms. The number of fused-ring (bicyclic) bond motifs is 1. The van der Waals surface area contributed by atoms with Gasteiger partial charge in [0.1, 0.15) is 5.58 Å². The highest BCUT2D eigenvalue weighted by molar-refractivity contribution is 5.81. The number of hydrogen-bond acceptors (Lipinski definition) is 2. The molecular formula is C16H23NO. The minimum Gasteiger partial charge on any atom is -0.464 e. The molecule has 0 aliphatic carbocycles. The Morgan fingerprint density at radius 3 is 2.83 bits per heavy atom. The van der Waals surface area contributed by atoms with Crippen LogP contribution in [0.15, 0.2) is 28.9 Å². The first-order valence-electron chi connectivity index (χ1n) is 6.93. The maximum absolute atomic E-state index is 5.60. The molecule has 0 fully saturated rings. The van der Waals surface area contributed by atoms with Crippen molar-refractivity contribution in [2.24, 2.45) is 0 Å². The Bertz CT molecular complexity index is 499. The lowest BCUT2D eigenvalue weighted by atomic mass is 10.0. The summed E-state index contributed by atoms with van der Waals surface area (Å²) in [7, 11) is 0. The molecule has 0 amide bonds. The van der Waals surface area contributed by atoms with E-state index in [1.54, 1.807) is 0 Å². The predicted octanol–water partition coefficient (Wildman–Crippen LogP) is 4.27. The lowest BCUT2D eigenvalue weighted by Crippen LogP contribution is -2.21. The normalized spacial score (nSPS) is 11.6. The molecule has 2 rings (SSSR count). The number of unbranched alkanes of at least 4 members (excludes halogenated alkanes) is 1. The van der Waals surface area contributed by atoms with E-state index in [4.69, 9.17) is 4.42 Å². The van der Waals surface area contributed by atoms with Gasteiger partial charge in [0.2, 0.25) is 0 Å². The van der Waals surface area contributed by atoms with E-state index < -0.39 is 0 Å². The first-order chi connectivity index (χ1) is 8.70. The molecule has 2 heteroatoms. The highest BCUT2D eigenvalue weighted by Gasteiger charge is 2.07. The number of furan rings is 1. The summed E-state index contributed by atoms with van der Waals surface area (Å²) in [6.07, 6.45) is 5.53. The van der Waals surface area contributed by atoms with Gasteiger partial charge in [-0.05, 0) is 30.5 Å². The maximum atomic E-state index is 5.60. The van der Waals surface area contributed by atoms with Gasteiger partial charge in [0.15, 0.2) is 0 Å². The van der Waals surface area contributed by atoms with E-state index in [2.05, 4.69) is 44.3 Å². The van der Waals surface area contributed by atoms with Crippen LogP contribution >= 0.6 is 0 Å². The number of hydrogen-bond donors (Lipinski definition) is 1. The second kappa shape index (κ2) is 6.05. The monoisotopic (exact) mass is 245 g/mol. The van der Waals surface area contributed by atoms with Crippen LogP contribution in [0.5, 0.6) is 0 Å². The van der Waals surface area contributed by atoms with Crippen LogP contribution in [0.25, 0.3) is 11.0 Å². The number of rotatable bonds is 6. The Labute approximate surface area is 109 Å². The molecular weight excluding hydrogens is 222 g/mol. The largest absolute Gasteiger partial charge is 0.464 e. The van der Waals surface area contributed by atoms with Crippen molar-refractivity contribution >= 4 is 11.0 Å². The maximum Gasteiger partial charge on any atom is 0.134 e. The standard InChI is InChI=1S/C16H23NO/c1-4-5-6-13-7-8-16-15(9-13)14(11-18-16)10-17-12(2)3/h7-9,11-12,17H,4-6,10H2,1-3H3. The van der Waals surface area contributed by atoms with Crippen molar-refractivity contribution in [2.45, 2.75) is 52.6 Å². The summed E-state index contributed by atoms with van der Waals surface area (Å²) >= 11 is 0. The zero-order valence-corrected chi connectivity index (χ0v) is 11.6. The zero-order chi connectivity index (χ0) is 13.0. The van der Waals surface area contributed by atoms with E-state index in [9.17, 15) is 0 Å². The molecule has 0 radical (unpaired) electrons. The molecule has 0 atom stereocenters. The number of nitrogens with one attached hydrogen (secondary N) is 1. The minimum atomic E-state index is 0.498. The van der Waals surface area contributed by atoms with Crippen molar-refractivity contribution in [3.05, 3.63) is 35.6 Å². The van der Waals surface area contributed by atoms with E-state index >= 15 is 0 Å². The first kappa shape index (κ1) is 13.2. The molecule has 0 unspecified atom stereocenters. The molecule has 98 valence electrons. The van der Waals surface area contributed by atoms with Crippen molar-refractivity contribution in [3.8, 4) is 0 Å². The quantitative estimate of drug-likeness (QED) is 0.822. The van der Waals surface area contributed by atoms with Gasteiger partial charge >= 0.3 is 0 Å². The molecule has 2 aromatic rings. The molecule has 1 aromatic heterocycles.